The second-order valence-corrected chi connectivity index (χ2v) is 5.30. The van der Waals surface area contributed by atoms with Gasteiger partial charge in [0, 0.05) is 13.1 Å². The largest absolute Gasteiger partial charge is 0.497 e. The third-order valence-electron chi connectivity index (χ3n) is 3.50. The van der Waals surface area contributed by atoms with Crippen molar-refractivity contribution in [2.24, 2.45) is 0 Å². The molecule has 0 amide bonds. The number of aliphatic hydroxyl groups excluding tert-OH is 1. The highest BCUT2D eigenvalue weighted by Crippen LogP contribution is 2.12. The summed E-state index contributed by atoms with van der Waals surface area (Å²) in [6.45, 7) is 1.18. The molecule has 0 bridgehead atoms. The van der Waals surface area contributed by atoms with Gasteiger partial charge in [-0.25, -0.2) is 4.39 Å². The number of halogens is 1. The van der Waals surface area contributed by atoms with E-state index < -0.39 is 6.10 Å². The Morgan fingerprint density at radius 1 is 1.14 bits per heavy atom. The van der Waals surface area contributed by atoms with Gasteiger partial charge >= 0.3 is 0 Å². The maximum absolute atomic E-state index is 13.1. The lowest BCUT2D eigenvalue weighted by molar-refractivity contribution is 0.161. The molecule has 1 atom stereocenters. The van der Waals surface area contributed by atoms with E-state index in [0.29, 0.717) is 25.9 Å². The minimum absolute atomic E-state index is 0.233. The van der Waals surface area contributed by atoms with Crippen molar-refractivity contribution in [3.63, 3.8) is 0 Å². The van der Waals surface area contributed by atoms with Gasteiger partial charge in [-0.15, -0.1) is 0 Å². The zero-order valence-electron chi connectivity index (χ0n) is 12.8. The van der Waals surface area contributed by atoms with E-state index in [1.165, 1.54) is 12.1 Å². The molecule has 22 heavy (non-hydrogen) atoms. The Morgan fingerprint density at radius 2 is 1.91 bits per heavy atom. The van der Waals surface area contributed by atoms with Crippen molar-refractivity contribution < 1.29 is 14.2 Å². The number of ether oxygens (including phenoxy) is 1. The van der Waals surface area contributed by atoms with Crippen LogP contribution in [0.4, 0.5) is 4.39 Å². The fourth-order valence-corrected chi connectivity index (χ4v) is 2.29. The van der Waals surface area contributed by atoms with Gasteiger partial charge in [-0.05, 0) is 48.2 Å². The SMILES string of the molecule is COc1cccc(CNC[C@H](O)CCc2cccc(F)c2)c1. The lowest BCUT2D eigenvalue weighted by Crippen LogP contribution is -2.26. The van der Waals surface area contributed by atoms with Crippen molar-refractivity contribution in [1.29, 1.82) is 0 Å². The van der Waals surface area contributed by atoms with E-state index in [0.717, 1.165) is 16.9 Å². The predicted octanol–water partition coefficient (Wildman–Crippen LogP) is 2.92. The molecule has 2 aromatic rings. The molecule has 0 spiro atoms. The summed E-state index contributed by atoms with van der Waals surface area (Å²) in [5.41, 5.74) is 2.02. The smallest absolute Gasteiger partial charge is 0.123 e. The molecule has 2 rings (SSSR count). The topological polar surface area (TPSA) is 41.5 Å². The number of benzene rings is 2. The van der Waals surface area contributed by atoms with Gasteiger partial charge in [0.25, 0.3) is 0 Å². The van der Waals surface area contributed by atoms with Gasteiger partial charge in [0.1, 0.15) is 11.6 Å². The summed E-state index contributed by atoms with van der Waals surface area (Å²) in [5.74, 6) is 0.592. The lowest BCUT2D eigenvalue weighted by atomic mass is 10.1. The van der Waals surface area contributed by atoms with Crippen molar-refractivity contribution in [1.82, 2.24) is 5.32 Å². The van der Waals surface area contributed by atoms with Gasteiger partial charge < -0.3 is 15.2 Å². The second kappa shape index (κ2) is 8.51. The molecule has 0 aliphatic heterocycles. The number of nitrogens with one attached hydrogen (secondary N) is 1. The fraction of sp³-hybridized carbons (Fsp3) is 0.333. The number of aryl methyl sites for hydroxylation is 1. The third-order valence-corrected chi connectivity index (χ3v) is 3.50. The second-order valence-electron chi connectivity index (χ2n) is 5.30. The van der Waals surface area contributed by atoms with Gasteiger partial charge in [0.2, 0.25) is 0 Å². The average molecular weight is 303 g/mol. The first-order valence-corrected chi connectivity index (χ1v) is 7.43. The maximum atomic E-state index is 13.1. The monoisotopic (exact) mass is 303 g/mol. The summed E-state index contributed by atoms with van der Waals surface area (Å²) in [7, 11) is 1.64. The van der Waals surface area contributed by atoms with Crippen LogP contribution in [-0.2, 0) is 13.0 Å². The van der Waals surface area contributed by atoms with E-state index in [-0.39, 0.29) is 5.82 Å². The first kappa shape index (κ1) is 16.5. The predicted molar refractivity (Wildman–Crippen MR) is 85.4 cm³/mol. The zero-order chi connectivity index (χ0) is 15.8. The van der Waals surface area contributed by atoms with Crippen molar-refractivity contribution >= 4 is 0 Å². The average Bonchev–Trinajstić information content (AvgIpc) is 2.53. The Labute approximate surface area is 130 Å². The highest BCUT2D eigenvalue weighted by Gasteiger charge is 2.05. The molecule has 0 aromatic heterocycles. The van der Waals surface area contributed by atoms with Crippen LogP contribution in [0.25, 0.3) is 0 Å². The van der Waals surface area contributed by atoms with Gasteiger partial charge in [0.15, 0.2) is 0 Å². The van der Waals surface area contributed by atoms with E-state index in [9.17, 15) is 9.50 Å². The molecule has 0 aliphatic carbocycles. The van der Waals surface area contributed by atoms with Crippen molar-refractivity contribution in [3.8, 4) is 5.75 Å². The van der Waals surface area contributed by atoms with E-state index in [4.69, 9.17) is 4.74 Å². The van der Waals surface area contributed by atoms with Crippen LogP contribution in [-0.4, -0.2) is 24.9 Å². The number of hydrogen-bond donors (Lipinski definition) is 2. The first-order chi connectivity index (χ1) is 10.7. The van der Waals surface area contributed by atoms with E-state index in [2.05, 4.69) is 5.32 Å². The minimum Gasteiger partial charge on any atom is -0.497 e. The van der Waals surface area contributed by atoms with Crippen molar-refractivity contribution in [3.05, 3.63) is 65.5 Å². The van der Waals surface area contributed by atoms with Gasteiger partial charge in [0.05, 0.1) is 13.2 Å². The molecule has 4 heteroatoms. The Hall–Kier alpha value is -1.91. The summed E-state index contributed by atoms with van der Waals surface area (Å²) in [4.78, 5) is 0. The maximum Gasteiger partial charge on any atom is 0.123 e. The standard InChI is InChI=1S/C18H22FNO2/c1-22-18-7-3-5-15(11-18)12-20-13-17(21)9-8-14-4-2-6-16(19)10-14/h2-7,10-11,17,20-21H,8-9,12-13H2,1H3/t17-/m1/s1. The number of hydrogen-bond acceptors (Lipinski definition) is 3. The zero-order valence-corrected chi connectivity index (χ0v) is 12.8. The number of rotatable bonds is 8. The van der Waals surface area contributed by atoms with Crippen LogP contribution in [0.15, 0.2) is 48.5 Å². The molecule has 0 radical (unpaired) electrons. The minimum atomic E-state index is -0.450. The van der Waals surface area contributed by atoms with Crippen LogP contribution >= 0.6 is 0 Å². The highest BCUT2D eigenvalue weighted by atomic mass is 19.1. The number of methoxy groups -OCH3 is 1. The molecule has 0 saturated heterocycles. The van der Waals surface area contributed by atoms with Crippen LogP contribution in [0, 0.1) is 5.82 Å². The normalized spacial score (nSPS) is 12.1. The lowest BCUT2D eigenvalue weighted by Gasteiger charge is -2.12. The molecule has 0 heterocycles. The van der Waals surface area contributed by atoms with E-state index in [1.807, 2.05) is 30.3 Å². The summed E-state index contributed by atoms with van der Waals surface area (Å²) in [6, 6.07) is 14.3. The van der Waals surface area contributed by atoms with Gasteiger partial charge in [-0.3, -0.25) is 0 Å². The van der Waals surface area contributed by atoms with E-state index in [1.54, 1.807) is 13.2 Å². The van der Waals surface area contributed by atoms with Crippen LogP contribution in [0.3, 0.4) is 0 Å². The molecule has 0 fully saturated rings. The first-order valence-electron chi connectivity index (χ1n) is 7.43. The Morgan fingerprint density at radius 3 is 2.68 bits per heavy atom. The van der Waals surface area contributed by atoms with Crippen molar-refractivity contribution in [2.75, 3.05) is 13.7 Å². The van der Waals surface area contributed by atoms with Gasteiger partial charge in [-0.1, -0.05) is 24.3 Å². The van der Waals surface area contributed by atoms with Crippen LogP contribution in [0.2, 0.25) is 0 Å². The number of aliphatic hydroxyl groups is 1. The summed E-state index contributed by atoms with van der Waals surface area (Å²) in [6.07, 6.45) is 0.822. The summed E-state index contributed by atoms with van der Waals surface area (Å²) in [5, 5.41) is 13.2. The molecule has 0 unspecified atom stereocenters. The molecule has 2 N–H and O–H groups in total. The summed E-state index contributed by atoms with van der Waals surface area (Å²) >= 11 is 0. The molecule has 118 valence electrons. The molecule has 0 aliphatic rings. The van der Waals surface area contributed by atoms with Crippen LogP contribution in [0.1, 0.15) is 17.5 Å². The Bertz CT molecular complexity index is 589. The molecule has 3 nitrogen and oxygen atoms in total. The molecule has 0 saturated carbocycles. The Kier molecular flexibility index (Phi) is 6.37. The van der Waals surface area contributed by atoms with Crippen LogP contribution in [0.5, 0.6) is 5.75 Å². The highest BCUT2D eigenvalue weighted by molar-refractivity contribution is 5.28. The van der Waals surface area contributed by atoms with Gasteiger partial charge in [-0.2, -0.15) is 0 Å². The fourth-order valence-electron chi connectivity index (χ4n) is 2.29. The third kappa shape index (κ3) is 5.47. The Balaban J connectivity index is 1.70. The van der Waals surface area contributed by atoms with E-state index >= 15 is 0 Å². The molecular weight excluding hydrogens is 281 g/mol. The summed E-state index contributed by atoms with van der Waals surface area (Å²) < 4.78 is 18.2. The quantitative estimate of drug-likeness (QED) is 0.788. The van der Waals surface area contributed by atoms with Crippen molar-refractivity contribution in [2.45, 2.75) is 25.5 Å². The molecular formula is C18H22FNO2. The molecule has 2 aromatic carbocycles. The van der Waals surface area contributed by atoms with Crippen LogP contribution < -0.4 is 10.1 Å².